The molecule has 1 atom stereocenters. The van der Waals surface area contributed by atoms with Gasteiger partial charge >= 0.3 is 18.4 Å². The Kier molecular flexibility index (Phi) is 13.1. The molecule has 2 aromatic rings. The van der Waals surface area contributed by atoms with Crippen LogP contribution in [0.3, 0.4) is 0 Å². The van der Waals surface area contributed by atoms with Crippen molar-refractivity contribution < 1.29 is 54.6 Å². The van der Waals surface area contributed by atoms with Gasteiger partial charge in [0, 0.05) is 6.42 Å². The molecular formula is C30H36F6N6O6. The highest BCUT2D eigenvalue weighted by molar-refractivity contribution is 5.98. The van der Waals surface area contributed by atoms with Crippen molar-refractivity contribution in [2.75, 3.05) is 11.9 Å². The number of rotatable bonds is 14. The summed E-state index contributed by atoms with van der Waals surface area (Å²) in [6.07, 6.45) is -9.90. The highest BCUT2D eigenvalue weighted by atomic mass is 19.4. The fourth-order valence-corrected chi connectivity index (χ4v) is 3.76. The largest absolute Gasteiger partial charge is 0.444 e. The molecule has 3 amide bonds. The van der Waals surface area contributed by atoms with E-state index in [1.165, 1.54) is 32.9 Å². The summed E-state index contributed by atoms with van der Waals surface area (Å²) < 4.78 is 103. The Labute approximate surface area is 272 Å². The van der Waals surface area contributed by atoms with Crippen LogP contribution in [0.4, 0.5) is 36.8 Å². The number of allylic oxidation sites excluding steroid dienone is 2. The maximum Gasteiger partial charge on any atom is 0.426 e. The van der Waals surface area contributed by atoms with Crippen LogP contribution in [0.15, 0.2) is 47.9 Å². The Balaban J connectivity index is 2.82. The van der Waals surface area contributed by atoms with Gasteiger partial charge < -0.3 is 13.9 Å². The van der Waals surface area contributed by atoms with Gasteiger partial charge in [-0.15, -0.1) is 23.4 Å². The van der Waals surface area contributed by atoms with E-state index in [9.17, 15) is 40.7 Å². The van der Waals surface area contributed by atoms with Gasteiger partial charge in [-0.2, -0.15) is 26.3 Å². The molecule has 48 heavy (non-hydrogen) atoms. The maximum absolute atomic E-state index is 14.7. The lowest BCUT2D eigenvalue weighted by Gasteiger charge is -2.32. The molecule has 0 fully saturated rings. The summed E-state index contributed by atoms with van der Waals surface area (Å²) in [5, 5.41) is 9.11. The van der Waals surface area contributed by atoms with Gasteiger partial charge in [0.2, 0.25) is 11.5 Å². The van der Waals surface area contributed by atoms with Crippen molar-refractivity contribution in [1.82, 2.24) is 26.0 Å². The molecule has 1 unspecified atom stereocenters. The zero-order chi connectivity index (χ0) is 36.5. The molecule has 0 radical (unpaired) electrons. The Morgan fingerprint density at radius 2 is 1.65 bits per heavy atom. The molecule has 2 heterocycles. The second-order valence-corrected chi connectivity index (χ2v) is 11.2. The summed E-state index contributed by atoms with van der Waals surface area (Å²) >= 11 is 0. The van der Waals surface area contributed by atoms with Gasteiger partial charge in [0.1, 0.15) is 11.3 Å². The molecular weight excluding hydrogens is 654 g/mol. The summed E-state index contributed by atoms with van der Waals surface area (Å²) in [6, 6.07) is 0.279. The monoisotopic (exact) mass is 690 g/mol. The average Bonchev–Trinajstić information content (AvgIpc) is 3.46. The number of pyridine rings is 1. The standard InChI is InChI=1S/C30H36F6N6O6/c1-8-11-13-20(43)39-40-23(44)21-18(29(31,32)33)15-19(37-26(45)48-27(5,6)7)22(38-21)24-41-42-25(47-24)28(14-12-9-2,30(34,35)36)46-16-17(4)10-3/h8-9,15H,1-2,4,10-14,16H2,3,5-7H3,(H,37,45)(H,39,43)(H,40,44). The van der Waals surface area contributed by atoms with Crippen molar-refractivity contribution in [2.45, 2.75) is 83.4 Å². The third kappa shape index (κ3) is 10.4. The maximum atomic E-state index is 14.7. The first-order valence-corrected chi connectivity index (χ1v) is 14.3. The molecule has 2 aromatic heterocycles. The van der Waals surface area contributed by atoms with E-state index in [1.807, 2.05) is 10.7 Å². The second kappa shape index (κ2) is 15.9. The highest BCUT2D eigenvalue weighted by Gasteiger charge is 2.61. The zero-order valence-electron chi connectivity index (χ0n) is 26.7. The number of halogens is 6. The molecule has 0 aliphatic carbocycles. The lowest BCUT2D eigenvalue weighted by atomic mass is 9.96. The molecule has 2 rings (SSSR count). The minimum absolute atomic E-state index is 0.168. The summed E-state index contributed by atoms with van der Waals surface area (Å²) in [6.45, 7) is 16.0. The van der Waals surface area contributed by atoms with Crippen molar-refractivity contribution >= 4 is 23.6 Å². The minimum Gasteiger partial charge on any atom is -0.444 e. The molecule has 18 heteroatoms. The van der Waals surface area contributed by atoms with Gasteiger partial charge in [0.05, 0.1) is 17.9 Å². The van der Waals surface area contributed by atoms with Crippen LogP contribution in [-0.4, -0.2) is 51.5 Å². The number of nitrogens with one attached hydrogen (secondary N) is 3. The Hall–Kier alpha value is -4.74. The molecule has 0 spiro atoms. The number of hydrogen-bond donors (Lipinski definition) is 3. The number of carbonyl (C=O) groups is 3. The fourth-order valence-electron chi connectivity index (χ4n) is 3.76. The normalized spacial score (nSPS) is 13.2. The van der Waals surface area contributed by atoms with E-state index < -0.39 is 88.9 Å². The van der Waals surface area contributed by atoms with Gasteiger partial charge in [0.25, 0.3) is 17.7 Å². The Morgan fingerprint density at radius 1 is 1.00 bits per heavy atom. The number of hydrazine groups is 1. The Bertz CT molecular complexity index is 1510. The van der Waals surface area contributed by atoms with E-state index in [0.717, 1.165) is 0 Å². The van der Waals surface area contributed by atoms with Gasteiger partial charge in [-0.3, -0.25) is 25.8 Å². The van der Waals surface area contributed by atoms with Gasteiger partial charge in [-0.25, -0.2) is 9.78 Å². The summed E-state index contributed by atoms with van der Waals surface area (Å²) in [4.78, 5) is 41.2. The van der Waals surface area contributed by atoms with Gasteiger partial charge in [0.15, 0.2) is 5.69 Å². The number of anilines is 1. The fraction of sp³-hybridized carbons (Fsp3) is 0.467. The number of ether oxygens (including phenoxy) is 2. The zero-order valence-corrected chi connectivity index (χ0v) is 26.7. The number of alkyl halides is 6. The van der Waals surface area contributed by atoms with E-state index in [2.05, 4.69) is 34.9 Å². The number of hydrogen-bond acceptors (Lipinski definition) is 9. The number of nitrogens with zero attached hydrogens (tertiary/aromatic N) is 3. The number of carbonyl (C=O) groups excluding carboxylic acids is 3. The van der Waals surface area contributed by atoms with Crippen LogP contribution in [0, 0.1) is 0 Å². The van der Waals surface area contributed by atoms with Crippen LogP contribution >= 0.6 is 0 Å². The summed E-state index contributed by atoms with van der Waals surface area (Å²) in [5.74, 6) is -4.44. The van der Waals surface area contributed by atoms with Gasteiger partial charge in [-0.1, -0.05) is 31.2 Å². The number of amides is 3. The summed E-state index contributed by atoms with van der Waals surface area (Å²) in [5.41, 5.74) is -5.07. The molecule has 0 aliphatic rings. The smallest absolute Gasteiger partial charge is 0.426 e. The molecule has 264 valence electrons. The van der Waals surface area contributed by atoms with Crippen LogP contribution in [0.1, 0.15) is 81.7 Å². The summed E-state index contributed by atoms with van der Waals surface area (Å²) in [7, 11) is 0. The quantitative estimate of drug-likeness (QED) is 0.109. The van der Waals surface area contributed by atoms with Crippen molar-refractivity contribution in [3.05, 3.63) is 60.7 Å². The lowest BCUT2D eigenvalue weighted by Crippen LogP contribution is -2.45. The predicted molar refractivity (Wildman–Crippen MR) is 160 cm³/mol. The van der Waals surface area contributed by atoms with E-state index in [4.69, 9.17) is 13.9 Å². The number of aromatic nitrogens is 3. The molecule has 3 N–H and O–H groups in total. The predicted octanol–water partition coefficient (Wildman–Crippen LogP) is 6.93. The molecule has 0 aliphatic heterocycles. The second-order valence-electron chi connectivity index (χ2n) is 11.2. The van der Waals surface area contributed by atoms with Crippen LogP contribution in [0.25, 0.3) is 11.6 Å². The van der Waals surface area contributed by atoms with Crippen LogP contribution in [0.2, 0.25) is 0 Å². The van der Waals surface area contributed by atoms with Crippen LogP contribution in [0.5, 0.6) is 0 Å². The topological polar surface area (TPSA) is 158 Å². The minimum atomic E-state index is -5.28. The highest BCUT2D eigenvalue weighted by Crippen LogP contribution is 2.46. The van der Waals surface area contributed by atoms with E-state index in [-0.39, 0.29) is 31.7 Å². The average molecular weight is 691 g/mol. The van der Waals surface area contributed by atoms with Crippen LogP contribution < -0.4 is 16.2 Å². The molecule has 0 saturated heterocycles. The first-order valence-electron chi connectivity index (χ1n) is 14.3. The van der Waals surface area contributed by atoms with E-state index in [0.29, 0.717) is 5.57 Å². The van der Waals surface area contributed by atoms with Crippen molar-refractivity contribution in [1.29, 1.82) is 0 Å². The first-order chi connectivity index (χ1) is 22.2. The van der Waals surface area contributed by atoms with Crippen molar-refractivity contribution in [3.63, 3.8) is 0 Å². The van der Waals surface area contributed by atoms with Gasteiger partial charge in [-0.05, 0) is 52.5 Å². The van der Waals surface area contributed by atoms with Crippen LogP contribution in [-0.2, 0) is 26.0 Å². The molecule has 12 nitrogen and oxygen atoms in total. The van der Waals surface area contributed by atoms with Crippen molar-refractivity contribution in [2.24, 2.45) is 0 Å². The molecule has 0 bridgehead atoms. The lowest BCUT2D eigenvalue weighted by molar-refractivity contribution is -0.292. The first kappa shape index (κ1) is 39.4. The molecule has 0 aromatic carbocycles. The van der Waals surface area contributed by atoms with E-state index in [1.54, 1.807) is 12.3 Å². The Morgan fingerprint density at radius 3 is 2.19 bits per heavy atom. The molecule has 0 saturated carbocycles. The van der Waals surface area contributed by atoms with E-state index >= 15 is 0 Å². The SMILES string of the molecule is C=CCCC(=O)NNC(=O)c1nc(-c2nnc(C(CCC=C)(OCC(=C)CC)C(F)(F)F)o2)c(NC(=O)OC(C)(C)C)cc1C(F)(F)F. The van der Waals surface area contributed by atoms with Crippen molar-refractivity contribution in [3.8, 4) is 11.6 Å². The third-order valence-electron chi connectivity index (χ3n) is 6.22. The third-order valence-corrected chi connectivity index (χ3v) is 6.22.